The molecule has 3 N–H and O–H groups in total. The van der Waals surface area contributed by atoms with Gasteiger partial charge in [0.2, 0.25) is 5.91 Å². The van der Waals surface area contributed by atoms with Crippen molar-refractivity contribution in [2.45, 2.75) is 12.5 Å². The number of nitrogens with one attached hydrogen (secondary N) is 2. The Labute approximate surface area is 199 Å². The van der Waals surface area contributed by atoms with Crippen LogP contribution in [-0.4, -0.2) is 30.2 Å². The topological polar surface area (TPSA) is 100 Å². The summed E-state index contributed by atoms with van der Waals surface area (Å²) in [5, 5.41) is 16.8. The van der Waals surface area contributed by atoms with E-state index in [0.717, 1.165) is 5.56 Å². The number of hydrogen-bond acceptors (Lipinski definition) is 5. The highest BCUT2D eigenvalue weighted by molar-refractivity contribution is 14.1. The maximum Gasteiger partial charge on any atom is 0.251 e. The molecule has 0 saturated heterocycles. The first-order valence-electron chi connectivity index (χ1n) is 9.77. The molecule has 3 aromatic carbocycles. The van der Waals surface area contributed by atoms with Crippen LogP contribution < -0.4 is 15.5 Å². The molecule has 3 rings (SSSR count). The van der Waals surface area contributed by atoms with Crippen molar-refractivity contribution in [2.75, 3.05) is 7.11 Å². The number of hydrazone groups is 1. The molecule has 0 unspecified atom stereocenters. The summed E-state index contributed by atoms with van der Waals surface area (Å²) in [6.07, 6.45) is 1.47. The van der Waals surface area contributed by atoms with E-state index in [1.807, 2.05) is 59.0 Å². The molecule has 1 atom stereocenters. The normalized spacial score (nSPS) is 11.7. The van der Waals surface area contributed by atoms with Crippen molar-refractivity contribution in [2.24, 2.45) is 5.10 Å². The van der Waals surface area contributed by atoms with Crippen LogP contribution in [0.4, 0.5) is 0 Å². The first-order chi connectivity index (χ1) is 15.5. The molecule has 0 spiro atoms. The van der Waals surface area contributed by atoms with Gasteiger partial charge in [0.25, 0.3) is 5.91 Å². The average Bonchev–Trinajstić information content (AvgIpc) is 2.81. The van der Waals surface area contributed by atoms with E-state index < -0.39 is 6.04 Å². The van der Waals surface area contributed by atoms with Gasteiger partial charge in [0.15, 0.2) is 11.5 Å². The number of carbonyl (C=O) groups excluding carboxylic acids is 2. The van der Waals surface area contributed by atoms with Crippen LogP contribution in [0.2, 0.25) is 0 Å². The molecule has 0 radical (unpaired) electrons. The number of halogens is 1. The number of ether oxygens (including phenoxy) is 1. The minimum Gasteiger partial charge on any atom is -0.504 e. The number of nitrogens with zero attached hydrogens (tertiary/aromatic N) is 1. The molecule has 0 bridgehead atoms. The van der Waals surface area contributed by atoms with Crippen LogP contribution in [0.15, 0.2) is 77.9 Å². The van der Waals surface area contributed by atoms with Crippen LogP contribution in [0.25, 0.3) is 0 Å². The summed E-state index contributed by atoms with van der Waals surface area (Å²) in [6, 6.07) is 20.9. The number of phenols is 1. The minimum absolute atomic E-state index is 0.0103. The second-order valence-electron chi connectivity index (χ2n) is 6.85. The zero-order valence-corrected chi connectivity index (χ0v) is 19.4. The van der Waals surface area contributed by atoms with Gasteiger partial charge in [-0.3, -0.25) is 9.59 Å². The molecule has 7 nitrogen and oxygen atoms in total. The van der Waals surface area contributed by atoms with Gasteiger partial charge in [-0.15, -0.1) is 0 Å². The van der Waals surface area contributed by atoms with Gasteiger partial charge in [-0.1, -0.05) is 48.5 Å². The van der Waals surface area contributed by atoms with Gasteiger partial charge >= 0.3 is 0 Å². The highest BCUT2D eigenvalue weighted by atomic mass is 127. The number of carbonyl (C=O) groups is 2. The van der Waals surface area contributed by atoms with Crippen LogP contribution in [0.5, 0.6) is 11.5 Å². The van der Waals surface area contributed by atoms with Gasteiger partial charge < -0.3 is 15.2 Å². The number of amides is 2. The largest absolute Gasteiger partial charge is 0.504 e. The van der Waals surface area contributed by atoms with Crippen molar-refractivity contribution in [1.29, 1.82) is 0 Å². The van der Waals surface area contributed by atoms with Crippen LogP contribution in [-0.2, 0) is 4.79 Å². The molecule has 8 heteroatoms. The Morgan fingerprint density at radius 2 is 1.75 bits per heavy atom. The highest BCUT2D eigenvalue weighted by Crippen LogP contribution is 2.31. The fourth-order valence-electron chi connectivity index (χ4n) is 3.00. The summed E-state index contributed by atoms with van der Waals surface area (Å²) in [4.78, 5) is 25.2. The quantitative estimate of drug-likeness (QED) is 0.227. The molecule has 164 valence electrons. The molecule has 0 aliphatic rings. The zero-order chi connectivity index (χ0) is 22.9. The van der Waals surface area contributed by atoms with Crippen molar-refractivity contribution < 1.29 is 19.4 Å². The van der Waals surface area contributed by atoms with Gasteiger partial charge in [-0.2, -0.15) is 5.10 Å². The predicted octanol–water partition coefficient (Wildman–Crippen LogP) is 4.02. The third kappa shape index (κ3) is 6.30. The highest BCUT2D eigenvalue weighted by Gasteiger charge is 2.19. The van der Waals surface area contributed by atoms with Crippen LogP contribution in [0.3, 0.4) is 0 Å². The van der Waals surface area contributed by atoms with Crippen LogP contribution in [0.1, 0.15) is 33.9 Å². The third-order valence-electron chi connectivity index (χ3n) is 4.61. The Morgan fingerprint density at radius 1 is 1.09 bits per heavy atom. The fraction of sp³-hybridized carbons (Fsp3) is 0.125. The van der Waals surface area contributed by atoms with Gasteiger partial charge in [0, 0.05) is 5.56 Å². The number of phenolic OH excluding ortho intramolecular Hbond substituents is 1. The summed E-state index contributed by atoms with van der Waals surface area (Å²) in [5.41, 5.74) is 4.47. The van der Waals surface area contributed by atoms with E-state index >= 15 is 0 Å². The Bertz CT molecular complexity index is 1100. The molecular formula is C24H22IN3O4. The molecule has 0 aromatic heterocycles. The number of benzene rings is 3. The van der Waals surface area contributed by atoms with Crippen molar-refractivity contribution >= 4 is 40.6 Å². The average molecular weight is 543 g/mol. The lowest BCUT2D eigenvalue weighted by atomic mass is 10.0. The smallest absolute Gasteiger partial charge is 0.251 e. The maximum atomic E-state index is 12.6. The first kappa shape index (κ1) is 23.3. The molecule has 32 heavy (non-hydrogen) atoms. The lowest BCUT2D eigenvalue weighted by molar-refractivity contribution is -0.121. The standard InChI is InChI=1S/C24H22IN3O4/c1-32-21-13-16(12-19(25)23(21)30)15-26-28-22(29)14-20(17-8-4-2-5-9-17)27-24(31)18-10-6-3-7-11-18/h2-13,15,20,30H,14H2,1H3,(H,27,31)(H,28,29)/b26-15-/t20-/m1/s1. The number of aromatic hydroxyl groups is 1. The Morgan fingerprint density at radius 3 is 2.41 bits per heavy atom. The van der Waals surface area contributed by atoms with Gasteiger partial charge in [-0.25, -0.2) is 5.43 Å². The van der Waals surface area contributed by atoms with Gasteiger partial charge in [-0.05, 0) is 58.0 Å². The van der Waals surface area contributed by atoms with Crippen LogP contribution >= 0.6 is 22.6 Å². The van der Waals surface area contributed by atoms with E-state index in [2.05, 4.69) is 15.8 Å². The van der Waals surface area contributed by atoms with E-state index in [1.54, 1.807) is 36.4 Å². The Kier molecular flexibility index (Phi) is 8.20. The summed E-state index contributed by atoms with van der Waals surface area (Å²) in [6.45, 7) is 0. The Balaban J connectivity index is 1.68. The molecule has 0 aliphatic heterocycles. The van der Waals surface area contributed by atoms with E-state index in [4.69, 9.17) is 4.74 Å². The SMILES string of the molecule is COc1cc(/C=N\NC(=O)C[C@@H](NC(=O)c2ccccc2)c2ccccc2)cc(I)c1O. The van der Waals surface area contributed by atoms with Gasteiger partial charge in [0.1, 0.15) is 0 Å². The van der Waals surface area contributed by atoms with Crippen molar-refractivity contribution in [3.8, 4) is 11.5 Å². The summed E-state index contributed by atoms with van der Waals surface area (Å²) < 4.78 is 5.72. The van der Waals surface area contributed by atoms with E-state index in [0.29, 0.717) is 20.4 Å². The van der Waals surface area contributed by atoms with Crippen LogP contribution in [0, 0.1) is 3.57 Å². The zero-order valence-electron chi connectivity index (χ0n) is 17.3. The number of rotatable bonds is 8. The molecule has 0 saturated carbocycles. The van der Waals surface area contributed by atoms with E-state index in [-0.39, 0.29) is 24.0 Å². The molecule has 0 fully saturated rings. The second kappa shape index (κ2) is 11.3. The summed E-state index contributed by atoms with van der Waals surface area (Å²) >= 11 is 1.98. The molecule has 0 aliphatic carbocycles. The lowest BCUT2D eigenvalue weighted by Gasteiger charge is -2.18. The van der Waals surface area contributed by atoms with Crippen molar-refractivity contribution in [3.05, 3.63) is 93.1 Å². The van der Waals surface area contributed by atoms with E-state index in [9.17, 15) is 14.7 Å². The molecule has 0 heterocycles. The van der Waals surface area contributed by atoms with Crippen molar-refractivity contribution in [1.82, 2.24) is 10.7 Å². The summed E-state index contributed by atoms with van der Waals surface area (Å²) in [7, 11) is 1.46. The maximum absolute atomic E-state index is 12.6. The lowest BCUT2D eigenvalue weighted by Crippen LogP contribution is -2.32. The molecular weight excluding hydrogens is 521 g/mol. The molecule has 3 aromatic rings. The molecule has 2 amide bonds. The first-order valence-corrected chi connectivity index (χ1v) is 10.8. The monoisotopic (exact) mass is 543 g/mol. The third-order valence-corrected chi connectivity index (χ3v) is 5.43. The number of methoxy groups -OCH3 is 1. The summed E-state index contributed by atoms with van der Waals surface area (Å²) in [5.74, 6) is -0.253. The Hall–Kier alpha value is -3.40. The van der Waals surface area contributed by atoms with E-state index in [1.165, 1.54) is 13.3 Å². The minimum atomic E-state index is -0.520. The second-order valence-corrected chi connectivity index (χ2v) is 8.02. The van der Waals surface area contributed by atoms with Gasteiger partial charge in [0.05, 0.1) is 29.4 Å². The van der Waals surface area contributed by atoms with Crippen molar-refractivity contribution in [3.63, 3.8) is 0 Å². The number of hydrogen-bond donors (Lipinski definition) is 3. The predicted molar refractivity (Wildman–Crippen MR) is 131 cm³/mol. The fourth-order valence-corrected chi connectivity index (χ4v) is 3.63.